The number of fused-ring (bicyclic) bond motifs is 1. The molecule has 2 heterocycles. The molecule has 25 heavy (non-hydrogen) atoms. The van der Waals surface area contributed by atoms with Crippen LogP contribution in [-0.4, -0.2) is 60.4 Å². The zero-order valence-corrected chi connectivity index (χ0v) is 14.1. The predicted octanol–water partition coefficient (Wildman–Crippen LogP) is -0.230. The molecule has 8 heteroatoms. The average Bonchev–Trinajstić information content (AvgIpc) is 3.07. The molecule has 0 aromatic heterocycles. The maximum atomic E-state index is 12.1. The minimum Gasteiger partial charge on any atom is -0.394 e. The van der Waals surface area contributed by atoms with E-state index < -0.39 is 36.2 Å². The van der Waals surface area contributed by atoms with E-state index in [-0.39, 0.29) is 19.1 Å². The van der Waals surface area contributed by atoms with Crippen molar-refractivity contribution in [3.63, 3.8) is 0 Å². The van der Waals surface area contributed by atoms with Gasteiger partial charge in [0.2, 0.25) is 5.91 Å². The van der Waals surface area contributed by atoms with E-state index in [0.29, 0.717) is 5.56 Å². The second-order valence-electron chi connectivity index (χ2n) is 6.46. The summed E-state index contributed by atoms with van der Waals surface area (Å²) >= 11 is 0. The molecule has 136 valence electrons. The van der Waals surface area contributed by atoms with Crippen LogP contribution < -0.4 is 10.6 Å². The highest BCUT2D eigenvalue weighted by Crippen LogP contribution is 2.37. The van der Waals surface area contributed by atoms with Crippen molar-refractivity contribution < 1.29 is 28.9 Å². The lowest BCUT2D eigenvalue weighted by atomic mass is 10.1. The van der Waals surface area contributed by atoms with Crippen molar-refractivity contribution >= 4 is 11.8 Å². The molecule has 1 aromatic carbocycles. The normalized spacial score (nSPS) is 29.9. The molecule has 0 bridgehead atoms. The van der Waals surface area contributed by atoms with Gasteiger partial charge in [-0.05, 0) is 26.0 Å². The van der Waals surface area contributed by atoms with Gasteiger partial charge >= 0.3 is 0 Å². The van der Waals surface area contributed by atoms with Gasteiger partial charge in [0.05, 0.1) is 13.2 Å². The van der Waals surface area contributed by atoms with Crippen LogP contribution in [0.5, 0.6) is 0 Å². The van der Waals surface area contributed by atoms with Crippen LogP contribution in [-0.2, 0) is 19.0 Å². The summed E-state index contributed by atoms with van der Waals surface area (Å²) in [5.41, 5.74) is 0.474. The maximum absolute atomic E-state index is 12.1. The second kappa shape index (κ2) is 7.09. The SMILES string of the molecule is CC1(C)O[C@H]2[C@H](O1)[C@H](NC(=O)CNC(=O)c1ccccc1)O[C@H]2CO. The molecule has 4 atom stereocenters. The van der Waals surface area contributed by atoms with Crippen molar-refractivity contribution in [1.29, 1.82) is 0 Å². The second-order valence-corrected chi connectivity index (χ2v) is 6.46. The van der Waals surface area contributed by atoms with Gasteiger partial charge in [-0.2, -0.15) is 0 Å². The first-order valence-corrected chi connectivity index (χ1v) is 8.14. The molecule has 2 aliphatic rings. The van der Waals surface area contributed by atoms with Crippen molar-refractivity contribution in [2.24, 2.45) is 0 Å². The quantitative estimate of drug-likeness (QED) is 0.677. The number of amides is 2. The number of aliphatic hydroxyl groups excluding tert-OH is 1. The Balaban J connectivity index is 1.53. The third-order valence-corrected chi connectivity index (χ3v) is 4.08. The molecule has 0 unspecified atom stereocenters. The van der Waals surface area contributed by atoms with E-state index >= 15 is 0 Å². The Morgan fingerprint density at radius 1 is 1.16 bits per heavy atom. The summed E-state index contributed by atoms with van der Waals surface area (Å²) in [4.78, 5) is 24.1. The summed E-state index contributed by atoms with van der Waals surface area (Å²) in [6, 6.07) is 8.62. The smallest absolute Gasteiger partial charge is 0.251 e. The molecule has 0 aliphatic carbocycles. The summed E-state index contributed by atoms with van der Waals surface area (Å²) < 4.78 is 17.1. The third kappa shape index (κ3) is 3.98. The lowest BCUT2D eigenvalue weighted by molar-refractivity contribution is -0.194. The molecule has 2 saturated heterocycles. The number of aliphatic hydroxyl groups is 1. The van der Waals surface area contributed by atoms with Crippen LogP contribution in [0.1, 0.15) is 24.2 Å². The molecular formula is C17H22N2O6. The lowest BCUT2D eigenvalue weighted by Gasteiger charge is -2.24. The summed E-state index contributed by atoms with van der Waals surface area (Å²) in [6.07, 6.45) is -2.29. The molecule has 0 spiro atoms. The van der Waals surface area contributed by atoms with Gasteiger partial charge in [-0.3, -0.25) is 9.59 Å². The molecule has 0 saturated carbocycles. The van der Waals surface area contributed by atoms with E-state index in [0.717, 1.165) is 0 Å². The Hall–Kier alpha value is -2.00. The molecule has 3 rings (SSSR count). The average molecular weight is 350 g/mol. The van der Waals surface area contributed by atoms with E-state index in [1.165, 1.54) is 0 Å². The number of carbonyl (C=O) groups excluding carboxylic acids is 2. The van der Waals surface area contributed by atoms with Gasteiger partial charge in [-0.1, -0.05) is 18.2 Å². The summed E-state index contributed by atoms with van der Waals surface area (Å²) in [5, 5.41) is 14.6. The fourth-order valence-electron chi connectivity index (χ4n) is 3.01. The Bertz CT molecular complexity index is 635. The first kappa shape index (κ1) is 17.8. The number of rotatable bonds is 5. The molecule has 2 aliphatic heterocycles. The van der Waals surface area contributed by atoms with E-state index in [1.807, 2.05) is 0 Å². The van der Waals surface area contributed by atoms with E-state index in [2.05, 4.69) is 10.6 Å². The minimum absolute atomic E-state index is 0.195. The molecule has 3 N–H and O–H groups in total. The van der Waals surface area contributed by atoms with Gasteiger partial charge in [0.1, 0.15) is 18.3 Å². The van der Waals surface area contributed by atoms with Gasteiger partial charge in [0.15, 0.2) is 12.0 Å². The summed E-state index contributed by atoms with van der Waals surface area (Å²) in [5.74, 6) is -1.56. The van der Waals surface area contributed by atoms with Crippen molar-refractivity contribution in [2.75, 3.05) is 13.2 Å². The number of nitrogens with one attached hydrogen (secondary N) is 2. The van der Waals surface area contributed by atoms with Gasteiger partial charge in [0, 0.05) is 5.56 Å². The zero-order valence-electron chi connectivity index (χ0n) is 14.1. The fraction of sp³-hybridized carbons (Fsp3) is 0.529. The number of ether oxygens (including phenoxy) is 3. The molecule has 2 amide bonds. The molecular weight excluding hydrogens is 328 g/mol. The van der Waals surface area contributed by atoms with Crippen LogP contribution in [0.4, 0.5) is 0 Å². The van der Waals surface area contributed by atoms with Crippen LogP contribution in [0.25, 0.3) is 0 Å². The van der Waals surface area contributed by atoms with E-state index in [1.54, 1.807) is 44.2 Å². The van der Waals surface area contributed by atoms with Crippen LogP contribution >= 0.6 is 0 Å². The Morgan fingerprint density at radius 2 is 1.84 bits per heavy atom. The maximum Gasteiger partial charge on any atom is 0.251 e. The highest BCUT2D eigenvalue weighted by atomic mass is 16.8. The minimum atomic E-state index is -0.808. The Labute approximate surface area is 145 Å². The summed E-state index contributed by atoms with van der Waals surface area (Å²) in [6.45, 7) is 3.09. The first-order chi connectivity index (χ1) is 11.9. The van der Waals surface area contributed by atoms with Crippen LogP contribution in [0.15, 0.2) is 30.3 Å². The zero-order chi connectivity index (χ0) is 18.0. The molecule has 8 nitrogen and oxygen atoms in total. The number of benzene rings is 1. The number of hydrogen-bond acceptors (Lipinski definition) is 6. The van der Waals surface area contributed by atoms with Gasteiger partial charge < -0.3 is 30.0 Å². The van der Waals surface area contributed by atoms with E-state index in [9.17, 15) is 14.7 Å². The van der Waals surface area contributed by atoms with Crippen molar-refractivity contribution in [3.8, 4) is 0 Å². The Kier molecular flexibility index (Phi) is 5.05. The number of carbonyl (C=O) groups is 2. The van der Waals surface area contributed by atoms with Crippen LogP contribution in [0.2, 0.25) is 0 Å². The standard InChI is InChI=1S/C17H22N2O6/c1-17(2)24-13-11(9-20)23-16(14(13)25-17)19-12(21)8-18-15(22)10-6-4-3-5-7-10/h3-7,11,13-14,16,20H,8-9H2,1-2H3,(H,18,22)(H,19,21)/t11-,13+,14-,16+/m0/s1. The van der Waals surface area contributed by atoms with Crippen LogP contribution in [0.3, 0.4) is 0 Å². The Morgan fingerprint density at radius 3 is 2.52 bits per heavy atom. The predicted molar refractivity (Wildman–Crippen MR) is 86.5 cm³/mol. The van der Waals surface area contributed by atoms with Crippen molar-refractivity contribution in [2.45, 2.75) is 44.2 Å². The van der Waals surface area contributed by atoms with Gasteiger partial charge in [0.25, 0.3) is 5.91 Å². The third-order valence-electron chi connectivity index (χ3n) is 4.08. The largest absolute Gasteiger partial charge is 0.394 e. The van der Waals surface area contributed by atoms with Crippen molar-refractivity contribution in [3.05, 3.63) is 35.9 Å². The first-order valence-electron chi connectivity index (χ1n) is 8.14. The topological polar surface area (TPSA) is 106 Å². The van der Waals surface area contributed by atoms with Gasteiger partial charge in [-0.25, -0.2) is 0 Å². The van der Waals surface area contributed by atoms with Gasteiger partial charge in [-0.15, -0.1) is 0 Å². The molecule has 2 fully saturated rings. The van der Waals surface area contributed by atoms with Crippen LogP contribution in [0, 0.1) is 0 Å². The van der Waals surface area contributed by atoms with Crippen molar-refractivity contribution in [1.82, 2.24) is 10.6 Å². The molecule has 0 radical (unpaired) electrons. The highest BCUT2D eigenvalue weighted by molar-refractivity contribution is 5.96. The fourth-order valence-corrected chi connectivity index (χ4v) is 3.01. The number of hydrogen-bond donors (Lipinski definition) is 3. The molecule has 1 aromatic rings. The van der Waals surface area contributed by atoms with E-state index in [4.69, 9.17) is 14.2 Å². The monoisotopic (exact) mass is 350 g/mol. The lowest BCUT2D eigenvalue weighted by Crippen LogP contribution is -2.47. The highest BCUT2D eigenvalue weighted by Gasteiger charge is 2.55. The summed E-state index contributed by atoms with van der Waals surface area (Å²) in [7, 11) is 0.